The van der Waals surface area contributed by atoms with Crippen LogP contribution in [0.2, 0.25) is 0 Å². The number of aromatic nitrogens is 2. The highest BCUT2D eigenvalue weighted by molar-refractivity contribution is 5.99. The van der Waals surface area contributed by atoms with Gasteiger partial charge in [0.05, 0.1) is 12.8 Å². The van der Waals surface area contributed by atoms with E-state index in [1.165, 1.54) is 4.90 Å². The number of ether oxygens (including phenoxy) is 3. The SMILES string of the molecule is COc1ccc(-c2cn(-c3ccc(C)cc3)c(NC(=O)CN(Cc3ccccc3)C(=O)c3ccc4c(c3)OCO4)n2)cc1. The van der Waals surface area contributed by atoms with Crippen LogP contribution in [0.1, 0.15) is 21.5 Å². The van der Waals surface area contributed by atoms with Crippen molar-refractivity contribution in [3.63, 3.8) is 0 Å². The van der Waals surface area contributed by atoms with E-state index >= 15 is 0 Å². The molecule has 0 unspecified atom stereocenters. The molecule has 1 aromatic heterocycles. The topological polar surface area (TPSA) is 94.9 Å². The Morgan fingerprint density at radius 1 is 0.930 bits per heavy atom. The second-order valence-electron chi connectivity index (χ2n) is 10.1. The van der Waals surface area contributed by atoms with E-state index in [0.717, 1.165) is 28.1 Å². The van der Waals surface area contributed by atoms with Gasteiger partial charge in [0.15, 0.2) is 11.5 Å². The van der Waals surface area contributed by atoms with Crippen LogP contribution in [0.4, 0.5) is 5.95 Å². The Morgan fingerprint density at radius 2 is 1.67 bits per heavy atom. The van der Waals surface area contributed by atoms with Crippen LogP contribution >= 0.6 is 0 Å². The van der Waals surface area contributed by atoms with Crippen LogP contribution in [0.25, 0.3) is 16.9 Å². The number of hydrogen-bond acceptors (Lipinski definition) is 6. The Balaban J connectivity index is 1.29. The summed E-state index contributed by atoms with van der Waals surface area (Å²) >= 11 is 0. The maximum absolute atomic E-state index is 13.7. The summed E-state index contributed by atoms with van der Waals surface area (Å²) in [5, 5.41) is 2.95. The molecule has 0 saturated heterocycles. The molecule has 4 aromatic carbocycles. The lowest BCUT2D eigenvalue weighted by molar-refractivity contribution is -0.117. The molecular weight excluding hydrogens is 544 g/mol. The number of anilines is 1. The molecule has 0 saturated carbocycles. The maximum atomic E-state index is 13.7. The van der Waals surface area contributed by atoms with Crippen molar-refractivity contribution >= 4 is 17.8 Å². The normalized spacial score (nSPS) is 11.7. The molecule has 0 atom stereocenters. The van der Waals surface area contributed by atoms with Crippen molar-refractivity contribution in [2.45, 2.75) is 13.5 Å². The number of carbonyl (C=O) groups excluding carboxylic acids is 2. The molecule has 1 aliphatic heterocycles. The fourth-order valence-electron chi connectivity index (χ4n) is 4.82. The minimum atomic E-state index is -0.384. The molecule has 5 aromatic rings. The molecule has 0 bridgehead atoms. The Kier molecular flexibility index (Phi) is 7.78. The van der Waals surface area contributed by atoms with E-state index in [-0.39, 0.29) is 31.7 Å². The summed E-state index contributed by atoms with van der Waals surface area (Å²) < 4.78 is 18.0. The van der Waals surface area contributed by atoms with Crippen molar-refractivity contribution < 1.29 is 23.8 Å². The summed E-state index contributed by atoms with van der Waals surface area (Å²) in [6, 6.07) is 30.1. The Bertz CT molecular complexity index is 1750. The molecule has 0 radical (unpaired) electrons. The molecule has 2 amide bonds. The van der Waals surface area contributed by atoms with E-state index in [4.69, 9.17) is 19.2 Å². The highest BCUT2D eigenvalue weighted by atomic mass is 16.7. The van der Waals surface area contributed by atoms with E-state index in [9.17, 15) is 9.59 Å². The first kappa shape index (κ1) is 27.6. The van der Waals surface area contributed by atoms with Gasteiger partial charge in [0, 0.05) is 29.6 Å². The van der Waals surface area contributed by atoms with Crippen LogP contribution in [0.15, 0.2) is 103 Å². The molecule has 43 heavy (non-hydrogen) atoms. The lowest BCUT2D eigenvalue weighted by Gasteiger charge is -2.23. The molecule has 0 aliphatic carbocycles. The van der Waals surface area contributed by atoms with E-state index in [1.54, 1.807) is 25.3 Å². The van der Waals surface area contributed by atoms with E-state index < -0.39 is 0 Å². The molecule has 216 valence electrons. The smallest absolute Gasteiger partial charge is 0.254 e. The molecule has 0 spiro atoms. The Hall–Kier alpha value is -5.57. The average Bonchev–Trinajstić information content (AvgIpc) is 3.68. The fourth-order valence-corrected chi connectivity index (χ4v) is 4.82. The zero-order valence-corrected chi connectivity index (χ0v) is 23.8. The van der Waals surface area contributed by atoms with Crippen molar-refractivity contribution in [1.82, 2.24) is 14.5 Å². The van der Waals surface area contributed by atoms with Crippen molar-refractivity contribution in [3.05, 3.63) is 120 Å². The van der Waals surface area contributed by atoms with Gasteiger partial charge in [0.2, 0.25) is 18.6 Å². The average molecular weight is 575 g/mol. The van der Waals surface area contributed by atoms with Gasteiger partial charge in [0.25, 0.3) is 5.91 Å². The van der Waals surface area contributed by atoms with Crippen molar-refractivity contribution in [2.24, 2.45) is 0 Å². The number of benzene rings is 4. The van der Waals surface area contributed by atoms with E-state index in [2.05, 4.69) is 5.32 Å². The maximum Gasteiger partial charge on any atom is 0.254 e. The van der Waals surface area contributed by atoms with Crippen LogP contribution in [0, 0.1) is 6.92 Å². The fraction of sp³-hybridized carbons (Fsp3) is 0.147. The van der Waals surface area contributed by atoms with Gasteiger partial charge in [-0.05, 0) is 67.1 Å². The van der Waals surface area contributed by atoms with Gasteiger partial charge in [0.1, 0.15) is 12.3 Å². The number of methoxy groups -OCH3 is 1. The third kappa shape index (κ3) is 6.20. The second-order valence-corrected chi connectivity index (χ2v) is 10.1. The molecule has 2 heterocycles. The number of imidazole rings is 1. The highest BCUT2D eigenvalue weighted by Crippen LogP contribution is 2.33. The molecule has 6 rings (SSSR count). The van der Waals surface area contributed by atoms with Gasteiger partial charge in [-0.15, -0.1) is 0 Å². The minimum Gasteiger partial charge on any atom is -0.497 e. The number of aryl methyl sites for hydroxylation is 1. The summed E-state index contributed by atoms with van der Waals surface area (Å²) in [5.74, 6) is 1.47. The van der Waals surface area contributed by atoms with Gasteiger partial charge in [-0.3, -0.25) is 19.5 Å². The monoisotopic (exact) mass is 574 g/mol. The molecule has 1 N–H and O–H groups in total. The largest absolute Gasteiger partial charge is 0.497 e. The standard InChI is InChI=1S/C34H30N4O5/c1-23-8-13-27(14-9-23)38-20-29(25-10-15-28(41-2)16-11-25)35-34(38)36-32(39)21-37(19-24-6-4-3-5-7-24)33(40)26-12-17-30-31(18-26)43-22-42-30/h3-18,20H,19,21-22H2,1-2H3,(H,35,36,39). The van der Waals surface area contributed by atoms with E-state index in [1.807, 2.05) is 96.6 Å². The van der Waals surface area contributed by atoms with Gasteiger partial charge in [-0.2, -0.15) is 0 Å². The summed E-state index contributed by atoms with van der Waals surface area (Å²) in [6.07, 6.45) is 1.88. The van der Waals surface area contributed by atoms with Crippen LogP contribution in [0.3, 0.4) is 0 Å². The molecule has 9 heteroatoms. The number of nitrogens with one attached hydrogen (secondary N) is 1. The predicted octanol–water partition coefficient (Wildman–Crippen LogP) is 5.87. The van der Waals surface area contributed by atoms with Gasteiger partial charge < -0.3 is 19.1 Å². The Morgan fingerprint density at radius 3 is 2.42 bits per heavy atom. The first-order valence-corrected chi connectivity index (χ1v) is 13.8. The van der Waals surface area contributed by atoms with Crippen LogP contribution in [0.5, 0.6) is 17.2 Å². The summed E-state index contributed by atoms with van der Waals surface area (Å²) in [5.41, 5.74) is 4.79. The van der Waals surface area contributed by atoms with Crippen molar-refractivity contribution in [1.29, 1.82) is 0 Å². The lowest BCUT2D eigenvalue weighted by Crippen LogP contribution is -2.38. The summed E-state index contributed by atoms with van der Waals surface area (Å²) in [6.45, 7) is 2.17. The minimum absolute atomic E-state index is 0.106. The van der Waals surface area contributed by atoms with Gasteiger partial charge in [-0.1, -0.05) is 48.0 Å². The highest BCUT2D eigenvalue weighted by Gasteiger charge is 2.24. The number of nitrogens with zero attached hydrogens (tertiary/aromatic N) is 3. The number of amides is 2. The van der Waals surface area contributed by atoms with Crippen LogP contribution < -0.4 is 19.5 Å². The molecule has 9 nitrogen and oxygen atoms in total. The number of fused-ring (bicyclic) bond motifs is 1. The number of hydrogen-bond donors (Lipinski definition) is 1. The first-order chi connectivity index (χ1) is 21.0. The van der Waals surface area contributed by atoms with Gasteiger partial charge >= 0.3 is 0 Å². The summed E-state index contributed by atoms with van der Waals surface area (Å²) in [4.78, 5) is 33.6. The third-order valence-electron chi connectivity index (χ3n) is 7.11. The second kappa shape index (κ2) is 12.1. The van der Waals surface area contributed by atoms with Crippen molar-refractivity contribution in [2.75, 3.05) is 25.8 Å². The number of rotatable bonds is 9. The molecular formula is C34H30N4O5. The Labute approximate surface area is 249 Å². The van der Waals surface area contributed by atoms with Crippen LogP contribution in [-0.4, -0.2) is 46.7 Å². The zero-order chi connectivity index (χ0) is 29.8. The van der Waals surface area contributed by atoms with Gasteiger partial charge in [-0.25, -0.2) is 4.98 Å². The summed E-state index contributed by atoms with van der Waals surface area (Å²) in [7, 11) is 1.62. The van der Waals surface area contributed by atoms with Crippen molar-refractivity contribution in [3.8, 4) is 34.2 Å². The predicted molar refractivity (Wildman–Crippen MR) is 163 cm³/mol. The molecule has 1 aliphatic rings. The van der Waals surface area contributed by atoms with E-state index in [0.29, 0.717) is 28.7 Å². The first-order valence-electron chi connectivity index (χ1n) is 13.8. The van der Waals surface area contributed by atoms with Crippen LogP contribution in [-0.2, 0) is 11.3 Å². The molecule has 0 fully saturated rings. The third-order valence-corrected chi connectivity index (χ3v) is 7.11. The number of carbonyl (C=O) groups is 2. The zero-order valence-electron chi connectivity index (χ0n) is 23.8. The lowest BCUT2D eigenvalue weighted by atomic mass is 10.1. The quantitative estimate of drug-likeness (QED) is 0.237.